The first-order chi connectivity index (χ1) is 18.4. The molecule has 3 aromatic rings. The maximum Gasteiger partial charge on any atom is 0.416 e. The lowest BCUT2D eigenvalue weighted by molar-refractivity contribution is -0.137. The molecule has 4 N–H and O–H groups in total. The zero-order valence-corrected chi connectivity index (χ0v) is 21.4. The molecular weight excluding hydrogens is 567 g/mol. The summed E-state index contributed by atoms with van der Waals surface area (Å²) in [6, 6.07) is 5.18. The van der Waals surface area contributed by atoms with Crippen LogP contribution < -0.4 is 16.0 Å². The van der Waals surface area contributed by atoms with E-state index in [0.29, 0.717) is 11.8 Å². The number of benzene rings is 2. The Morgan fingerprint density at radius 3 is 2.28 bits per heavy atom. The minimum Gasteiger partial charge on any atom is -0.369 e. The fourth-order valence-electron chi connectivity index (χ4n) is 4.04. The van der Waals surface area contributed by atoms with E-state index < -0.39 is 46.8 Å². The molecule has 2 aliphatic carbocycles. The van der Waals surface area contributed by atoms with E-state index in [2.05, 4.69) is 20.9 Å². The highest BCUT2D eigenvalue weighted by atomic mass is 35.5. The summed E-state index contributed by atoms with van der Waals surface area (Å²) in [4.78, 5) is 30.5. The molecule has 7 nitrogen and oxygen atoms in total. The van der Waals surface area contributed by atoms with Gasteiger partial charge in [0.25, 0.3) is 0 Å². The SMILES string of the molecule is O=C(Nc1cc(F)cc(F)c1)C1(C(=O)Nc2nc(C3CC3)c(C(O)Nc3cc(C(F)(F)F)ccc3Cl)s2)CC1. The number of hydrogen-bond acceptors (Lipinski definition) is 6. The second-order valence-corrected chi connectivity index (χ2v) is 10.9. The molecule has 0 bridgehead atoms. The van der Waals surface area contributed by atoms with Gasteiger partial charge in [0, 0.05) is 17.7 Å². The summed E-state index contributed by atoms with van der Waals surface area (Å²) in [6.45, 7) is 0. The molecule has 206 valence electrons. The zero-order valence-electron chi connectivity index (χ0n) is 19.8. The lowest BCUT2D eigenvalue weighted by Crippen LogP contribution is -2.35. The smallest absolute Gasteiger partial charge is 0.369 e. The fraction of sp³-hybridized carbons (Fsp3) is 0.320. The number of aliphatic hydroxyl groups excluding tert-OH is 1. The molecule has 2 aliphatic rings. The third kappa shape index (κ3) is 5.85. The molecule has 2 saturated carbocycles. The number of aromatic nitrogens is 1. The second-order valence-electron chi connectivity index (χ2n) is 9.43. The molecule has 2 fully saturated rings. The minimum absolute atomic E-state index is 0.00334. The molecule has 1 aromatic heterocycles. The van der Waals surface area contributed by atoms with E-state index in [1.165, 1.54) is 0 Å². The van der Waals surface area contributed by atoms with Crippen molar-refractivity contribution in [1.82, 2.24) is 4.98 Å². The monoisotopic (exact) mass is 586 g/mol. The summed E-state index contributed by atoms with van der Waals surface area (Å²) in [5.41, 5.74) is -2.21. The van der Waals surface area contributed by atoms with Crippen molar-refractivity contribution in [1.29, 1.82) is 0 Å². The van der Waals surface area contributed by atoms with Crippen LogP contribution in [0.25, 0.3) is 0 Å². The number of nitrogens with zero attached hydrogens (tertiary/aromatic N) is 1. The van der Waals surface area contributed by atoms with E-state index in [0.717, 1.165) is 54.5 Å². The predicted molar refractivity (Wildman–Crippen MR) is 134 cm³/mol. The number of thiazole rings is 1. The van der Waals surface area contributed by atoms with Crippen molar-refractivity contribution in [3.8, 4) is 0 Å². The highest BCUT2D eigenvalue weighted by Gasteiger charge is 2.57. The Hall–Kier alpha value is -3.29. The van der Waals surface area contributed by atoms with Gasteiger partial charge < -0.3 is 21.1 Å². The Morgan fingerprint density at radius 1 is 1.05 bits per heavy atom. The molecule has 1 atom stereocenters. The number of hydrogen-bond donors (Lipinski definition) is 4. The maximum atomic E-state index is 13.5. The van der Waals surface area contributed by atoms with Crippen molar-refractivity contribution in [2.45, 2.75) is 44.0 Å². The van der Waals surface area contributed by atoms with Crippen LogP contribution in [0.2, 0.25) is 5.02 Å². The number of halogens is 6. The van der Waals surface area contributed by atoms with Crippen molar-refractivity contribution >= 4 is 51.3 Å². The van der Waals surface area contributed by atoms with Crippen molar-refractivity contribution in [2.75, 3.05) is 16.0 Å². The molecule has 1 unspecified atom stereocenters. The van der Waals surface area contributed by atoms with E-state index in [9.17, 15) is 36.6 Å². The number of aliphatic hydroxyl groups is 1. The Kier molecular flexibility index (Phi) is 7.02. The van der Waals surface area contributed by atoms with Crippen molar-refractivity contribution < 1.29 is 36.6 Å². The van der Waals surface area contributed by atoms with Gasteiger partial charge in [-0.25, -0.2) is 13.8 Å². The van der Waals surface area contributed by atoms with E-state index in [4.69, 9.17) is 11.6 Å². The van der Waals surface area contributed by atoms with Crippen LogP contribution in [0, 0.1) is 17.0 Å². The van der Waals surface area contributed by atoms with Gasteiger partial charge in [0.2, 0.25) is 11.8 Å². The molecule has 39 heavy (non-hydrogen) atoms. The first-order valence-corrected chi connectivity index (χ1v) is 13.0. The fourth-order valence-corrected chi connectivity index (χ4v) is 5.20. The van der Waals surface area contributed by atoms with Gasteiger partial charge in [-0.15, -0.1) is 0 Å². The summed E-state index contributed by atoms with van der Waals surface area (Å²) in [7, 11) is 0. The summed E-state index contributed by atoms with van der Waals surface area (Å²) < 4.78 is 66.4. The maximum absolute atomic E-state index is 13.5. The summed E-state index contributed by atoms with van der Waals surface area (Å²) in [5.74, 6) is -3.19. The molecule has 1 heterocycles. The number of anilines is 3. The highest BCUT2D eigenvalue weighted by Crippen LogP contribution is 2.49. The summed E-state index contributed by atoms with van der Waals surface area (Å²) in [5, 5.41) is 18.4. The van der Waals surface area contributed by atoms with E-state index in [-0.39, 0.29) is 45.2 Å². The van der Waals surface area contributed by atoms with Crippen LogP contribution in [-0.4, -0.2) is 21.9 Å². The number of nitrogens with one attached hydrogen (secondary N) is 3. The van der Waals surface area contributed by atoms with Crippen LogP contribution in [0.15, 0.2) is 36.4 Å². The van der Waals surface area contributed by atoms with E-state index >= 15 is 0 Å². The van der Waals surface area contributed by atoms with Gasteiger partial charge in [-0.05, 0) is 56.0 Å². The molecular formula is C25H20ClF5N4O3S. The standard InChI is InChI=1S/C25H20ClF5N4O3S/c26-16-4-3-12(25(29,30)31)7-17(16)33-20(36)19-18(11-1-2-11)34-23(39-19)35-22(38)24(5-6-24)21(37)32-15-9-13(27)8-14(28)10-15/h3-4,7-11,20,33,36H,1-2,5-6H2,(H,32,37)(H,34,35,38). The van der Waals surface area contributed by atoms with Crippen LogP contribution in [0.5, 0.6) is 0 Å². The van der Waals surface area contributed by atoms with Crippen molar-refractivity contribution in [2.24, 2.45) is 5.41 Å². The normalized spacial score (nSPS) is 16.9. The topological polar surface area (TPSA) is 103 Å². The van der Waals surface area contributed by atoms with Gasteiger partial charge in [0.05, 0.1) is 26.8 Å². The van der Waals surface area contributed by atoms with Gasteiger partial charge in [-0.3, -0.25) is 9.59 Å². The van der Waals surface area contributed by atoms with Crippen molar-refractivity contribution in [3.63, 3.8) is 0 Å². The van der Waals surface area contributed by atoms with E-state index in [1.54, 1.807) is 0 Å². The van der Waals surface area contributed by atoms with Crippen LogP contribution in [-0.2, 0) is 15.8 Å². The van der Waals surface area contributed by atoms with Gasteiger partial charge in [-0.1, -0.05) is 22.9 Å². The molecule has 2 aromatic carbocycles. The molecule has 0 saturated heterocycles. The number of carbonyl (C=O) groups is 2. The third-order valence-corrected chi connectivity index (χ3v) is 7.81. The number of carbonyl (C=O) groups excluding carboxylic acids is 2. The Bertz CT molecular complexity index is 1440. The number of amides is 2. The molecule has 2 amide bonds. The second kappa shape index (κ2) is 10.0. The van der Waals surface area contributed by atoms with Gasteiger partial charge in [-0.2, -0.15) is 13.2 Å². The minimum atomic E-state index is -4.61. The quantitative estimate of drug-likeness (QED) is 0.138. The Balaban J connectivity index is 1.32. The molecule has 0 radical (unpaired) electrons. The Labute approximate surface area is 227 Å². The van der Waals surface area contributed by atoms with Crippen LogP contribution in [0.3, 0.4) is 0 Å². The van der Waals surface area contributed by atoms with Gasteiger partial charge in [0.1, 0.15) is 17.0 Å². The first-order valence-electron chi connectivity index (χ1n) is 11.8. The van der Waals surface area contributed by atoms with Gasteiger partial charge >= 0.3 is 6.18 Å². The third-order valence-electron chi connectivity index (χ3n) is 6.44. The van der Waals surface area contributed by atoms with Gasteiger partial charge in [0.15, 0.2) is 11.4 Å². The lowest BCUT2D eigenvalue weighted by Gasteiger charge is -2.17. The van der Waals surface area contributed by atoms with Crippen molar-refractivity contribution in [3.05, 3.63) is 69.2 Å². The molecule has 14 heteroatoms. The molecule has 0 spiro atoms. The van der Waals surface area contributed by atoms with Crippen LogP contribution >= 0.6 is 22.9 Å². The summed E-state index contributed by atoms with van der Waals surface area (Å²) in [6.07, 6.45) is -4.13. The lowest BCUT2D eigenvalue weighted by atomic mass is 10.1. The largest absolute Gasteiger partial charge is 0.416 e. The highest BCUT2D eigenvalue weighted by molar-refractivity contribution is 7.16. The first kappa shape index (κ1) is 27.3. The molecule has 0 aliphatic heterocycles. The number of alkyl halides is 3. The zero-order chi connectivity index (χ0) is 28.1. The number of rotatable bonds is 8. The average Bonchev–Trinajstić information content (AvgIpc) is 3.76. The summed E-state index contributed by atoms with van der Waals surface area (Å²) >= 11 is 6.95. The van der Waals surface area contributed by atoms with Crippen LogP contribution in [0.4, 0.5) is 38.5 Å². The van der Waals surface area contributed by atoms with E-state index in [1.807, 2.05) is 0 Å². The molecule has 5 rings (SSSR count). The predicted octanol–water partition coefficient (Wildman–Crippen LogP) is 6.43. The average molecular weight is 587 g/mol. The Morgan fingerprint density at radius 2 is 1.69 bits per heavy atom. The van der Waals surface area contributed by atoms with Crippen LogP contribution in [0.1, 0.15) is 54.0 Å².